The predicted molar refractivity (Wildman–Crippen MR) is 153 cm³/mol. The number of hydrogen-bond acceptors (Lipinski definition) is 8. The van der Waals surface area contributed by atoms with Crippen LogP contribution in [0, 0.1) is 0 Å². The molecule has 1 N–H and O–H groups in total. The van der Waals surface area contributed by atoms with Crippen molar-refractivity contribution in [2.75, 3.05) is 25.7 Å². The number of ether oxygens (including phenoxy) is 2. The number of hydrogen-bond donors (Lipinski definition) is 1. The lowest BCUT2D eigenvalue weighted by molar-refractivity contribution is -0.122. The summed E-state index contributed by atoms with van der Waals surface area (Å²) in [6, 6.07) is 13.9. The number of fused-ring (bicyclic) bond motifs is 1. The van der Waals surface area contributed by atoms with Gasteiger partial charge in [-0.1, -0.05) is 41.7 Å². The lowest BCUT2D eigenvalue weighted by Crippen LogP contribution is -2.44. The third kappa shape index (κ3) is 5.74. The summed E-state index contributed by atoms with van der Waals surface area (Å²) in [4.78, 5) is 37.6. The molecule has 0 bridgehead atoms. The molecule has 2 atom stereocenters. The number of anilines is 1. The minimum absolute atomic E-state index is 0.0193. The molecule has 3 heterocycles. The molecule has 216 valence electrons. The molecule has 4 aromatic rings. The van der Waals surface area contributed by atoms with Gasteiger partial charge in [-0.15, -0.1) is 0 Å². The van der Waals surface area contributed by atoms with E-state index in [1.54, 1.807) is 18.2 Å². The van der Waals surface area contributed by atoms with Crippen LogP contribution >= 0.6 is 11.3 Å². The Bertz CT molecular complexity index is 1620. The fraction of sp³-hybridized carbons (Fsp3) is 0.379. The second kappa shape index (κ2) is 11.4. The van der Waals surface area contributed by atoms with Gasteiger partial charge in [0.2, 0.25) is 5.91 Å². The monoisotopic (exact) mass is 583 g/mol. The van der Waals surface area contributed by atoms with Crippen LogP contribution in [0.1, 0.15) is 49.7 Å². The van der Waals surface area contributed by atoms with Gasteiger partial charge < -0.3 is 19.7 Å². The number of rotatable bonds is 9. The van der Waals surface area contributed by atoms with Crippen LogP contribution in [0.15, 0.2) is 53.3 Å². The minimum Gasteiger partial charge on any atom is -0.497 e. The fourth-order valence-corrected chi connectivity index (χ4v) is 6.06. The largest absolute Gasteiger partial charge is 0.497 e. The number of benzene rings is 2. The molecule has 0 saturated carbocycles. The van der Waals surface area contributed by atoms with Gasteiger partial charge in [-0.3, -0.25) is 14.2 Å². The summed E-state index contributed by atoms with van der Waals surface area (Å²) >= 11 is 1.04. The van der Waals surface area contributed by atoms with Crippen LogP contribution < -0.4 is 25.2 Å². The van der Waals surface area contributed by atoms with E-state index in [2.05, 4.69) is 15.3 Å². The standard InChI is InChI=1S/C29H31F2N5O4S/c1-17(18-9-6-5-7-10-18)32-24(37)21-11-8-14-35(21)28-33-23-25(41-28)34-27(29(2,30)31)36(26(23)38)16-19-12-13-20(39-3)15-22(19)40-4/h5-7,9-10,12-13,15,17,21H,8,11,14,16H2,1-4H3,(H,32,37)/t17-,21?/m1/s1. The number of methoxy groups -OCH3 is 2. The molecule has 2 aromatic carbocycles. The molecule has 41 heavy (non-hydrogen) atoms. The number of aromatic nitrogens is 3. The summed E-state index contributed by atoms with van der Waals surface area (Å²) in [7, 11) is 2.96. The second-order valence-corrected chi connectivity index (χ2v) is 11.0. The number of amides is 1. The van der Waals surface area contributed by atoms with E-state index < -0.39 is 23.3 Å². The Kier molecular flexibility index (Phi) is 7.94. The lowest BCUT2D eigenvalue weighted by Gasteiger charge is -2.25. The topological polar surface area (TPSA) is 98.6 Å². The van der Waals surface area contributed by atoms with Crippen molar-refractivity contribution in [3.63, 3.8) is 0 Å². The SMILES string of the molecule is COc1ccc(Cn2c(C(C)(F)F)nc3sc(N4CCCC4C(=O)N[C@H](C)c4ccccc4)nc3c2=O)c(OC)c1. The van der Waals surface area contributed by atoms with Gasteiger partial charge in [-0.25, -0.2) is 9.97 Å². The van der Waals surface area contributed by atoms with Crippen molar-refractivity contribution in [3.05, 3.63) is 75.8 Å². The molecule has 1 aliphatic heterocycles. The van der Waals surface area contributed by atoms with E-state index in [1.165, 1.54) is 14.2 Å². The van der Waals surface area contributed by atoms with Crippen molar-refractivity contribution in [2.45, 2.75) is 51.2 Å². The van der Waals surface area contributed by atoms with Gasteiger partial charge in [0.15, 0.2) is 21.3 Å². The molecule has 2 aromatic heterocycles. The first-order valence-electron chi connectivity index (χ1n) is 13.2. The Labute approximate surface area is 239 Å². The van der Waals surface area contributed by atoms with E-state index >= 15 is 0 Å². The van der Waals surface area contributed by atoms with Crippen LogP contribution in [0.2, 0.25) is 0 Å². The summed E-state index contributed by atoms with van der Waals surface area (Å²) in [5.74, 6) is -3.32. The molecule has 0 radical (unpaired) electrons. The van der Waals surface area contributed by atoms with Gasteiger partial charge in [-0.2, -0.15) is 8.78 Å². The van der Waals surface area contributed by atoms with E-state index in [0.717, 1.165) is 27.9 Å². The normalized spacial score (nSPS) is 16.1. The molecule has 0 aliphatic carbocycles. The molecule has 1 unspecified atom stereocenters. The van der Waals surface area contributed by atoms with Gasteiger partial charge in [0.25, 0.3) is 5.56 Å². The van der Waals surface area contributed by atoms with Crippen molar-refractivity contribution in [1.29, 1.82) is 0 Å². The van der Waals surface area contributed by atoms with E-state index in [-0.39, 0.29) is 28.8 Å². The number of carbonyl (C=O) groups is 1. The number of carbonyl (C=O) groups excluding carboxylic acids is 1. The molecule has 1 saturated heterocycles. The van der Waals surface area contributed by atoms with Crippen molar-refractivity contribution in [3.8, 4) is 11.5 Å². The summed E-state index contributed by atoms with van der Waals surface area (Å²) in [5.41, 5.74) is 0.775. The molecule has 5 rings (SSSR count). The van der Waals surface area contributed by atoms with E-state index in [4.69, 9.17) is 9.47 Å². The van der Waals surface area contributed by atoms with Crippen molar-refractivity contribution >= 4 is 32.7 Å². The maximum Gasteiger partial charge on any atom is 0.302 e. The Morgan fingerprint density at radius 1 is 1.17 bits per heavy atom. The highest BCUT2D eigenvalue weighted by Gasteiger charge is 2.36. The zero-order valence-corrected chi connectivity index (χ0v) is 24.0. The maximum atomic E-state index is 14.8. The van der Waals surface area contributed by atoms with Gasteiger partial charge in [0.05, 0.1) is 26.8 Å². The van der Waals surface area contributed by atoms with E-state index in [0.29, 0.717) is 42.1 Å². The highest BCUT2D eigenvalue weighted by atomic mass is 32.1. The third-order valence-corrected chi connectivity index (χ3v) is 8.17. The second-order valence-electron chi connectivity index (χ2n) is 10.0. The quantitative estimate of drug-likeness (QED) is 0.300. The van der Waals surface area contributed by atoms with Crippen LogP contribution in [0.3, 0.4) is 0 Å². The molecule has 1 amide bonds. The van der Waals surface area contributed by atoms with Crippen LogP contribution in [0.25, 0.3) is 10.3 Å². The van der Waals surface area contributed by atoms with E-state index in [9.17, 15) is 18.4 Å². The highest BCUT2D eigenvalue weighted by Crippen LogP contribution is 2.34. The lowest BCUT2D eigenvalue weighted by atomic mass is 10.1. The summed E-state index contributed by atoms with van der Waals surface area (Å²) < 4.78 is 41.2. The zero-order chi connectivity index (χ0) is 29.3. The molecule has 12 heteroatoms. The molecular weight excluding hydrogens is 552 g/mol. The van der Waals surface area contributed by atoms with Crippen LogP contribution in [0.4, 0.5) is 13.9 Å². The average Bonchev–Trinajstić information content (AvgIpc) is 3.62. The summed E-state index contributed by atoms with van der Waals surface area (Å²) in [6.07, 6.45) is 1.36. The first kappa shape index (κ1) is 28.5. The van der Waals surface area contributed by atoms with Crippen molar-refractivity contribution in [2.24, 2.45) is 0 Å². The zero-order valence-electron chi connectivity index (χ0n) is 23.2. The Balaban J connectivity index is 1.49. The Morgan fingerprint density at radius 2 is 1.93 bits per heavy atom. The highest BCUT2D eigenvalue weighted by molar-refractivity contribution is 7.21. The first-order valence-corrected chi connectivity index (χ1v) is 14.0. The average molecular weight is 584 g/mol. The fourth-order valence-electron chi connectivity index (χ4n) is 5.06. The Hall–Kier alpha value is -4.06. The van der Waals surface area contributed by atoms with Gasteiger partial charge in [0, 0.05) is 25.1 Å². The van der Waals surface area contributed by atoms with Crippen molar-refractivity contribution in [1.82, 2.24) is 19.9 Å². The summed E-state index contributed by atoms with van der Waals surface area (Å²) in [5, 5.41) is 3.46. The predicted octanol–water partition coefficient (Wildman–Crippen LogP) is 4.88. The van der Waals surface area contributed by atoms with Gasteiger partial charge >= 0.3 is 5.92 Å². The number of thiazole rings is 1. The number of nitrogens with one attached hydrogen (secondary N) is 1. The van der Waals surface area contributed by atoms with E-state index in [1.807, 2.05) is 42.2 Å². The third-order valence-electron chi connectivity index (χ3n) is 7.18. The molecular formula is C29H31F2N5O4S. The number of alkyl halides is 2. The van der Waals surface area contributed by atoms with Crippen LogP contribution in [-0.2, 0) is 17.3 Å². The number of halogens is 2. The van der Waals surface area contributed by atoms with Gasteiger partial charge in [-0.05, 0) is 37.5 Å². The van der Waals surface area contributed by atoms with Crippen molar-refractivity contribution < 1.29 is 23.0 Å². The minimum atomic E-state index is -3.40. The molecule has 0 spiro atoms. The van der Waals surface area contributed by atoms with Gasteiger partial charge in [0.1, 0.15) is 17.5 Å². The Morgan fingerprint density at radius 3 is 2.61 bits per heavy atom. The molecule has 9 nitrogen and oxygen atoms in total. The molecule has 1 aliphatic rings. The maximum absolute atomic E-state index is 14.8. The van der Waals surface area contributed by atoms with Crippen LogP contribution in [-0.4, -0.2) is 47.2 Å². The summed E-state index contributed by atoms with van der Waals surface area (Å²) in [6.45, 7) is 2.97. The van der Waals surface area contributed by atoms with Crippen LogP contribution in [0.5, 0.6) is 11.5 Å². The smallest absolute Gasteiger partial charge is 0.302 e. The number of nitrogens with zero attached hydrogens (tertiary/aromatic N) is 4. The first-order chi connectivity index (χ1) is 19.6. The molecule has 1 fully saturated rings.